The summed E-state index contributed by atoms with van der Waals surface area (Å²) in [4.78, 5) is 47.9. The molecule has 2 aromatic rings. The van der Waals surface area contributed by atoms with Gasteiger partial charge in [-0.3, -0.25) is 19.4 Å². The number of methoxy groups -OCH3 is 1. The van der Waals surface area contributed by atoms with Gasteiger partial charge in [-0.25, -0.2) is 0 Å². The average molecular weight is 517 g/mol. The van der Waals surface area contributed by atoms with Crippen molar-refractivity contribution in [3.05, 3.63) is 53.9 Å². The maximum absolute atomic E-state index is 13.8. The zero-order chi connectivity index (χ0) is 27.2. The Hall–Kier alpha value is -4.39. The SMILES string of the molecule is C=N/C=C(\C=C/C)C1C[C@@H](C(=O)N[C@H](C#N)C[C@@H]2CCNC2=O)N(C(=O)c2cc3c(OC)cccc3[nH]2)C1. The van der Waals surface area contributed by atoms with Gasteiger partial charge >= 0.3 is 0 Å². The van der Waals surface area contributed by atoms with Crippen LogP contribution < -0.4 is 15.4 Å². The summed E-state index contributed by atoms with van der Waals surface area (Å²) in [6.07, 6.45) is 6.61. The minimum absolute atomic E-state index is 0.107. The lowest BCUT2D eigenvalue weighted by Crippen LogP contribution is -2.49. The molecule has 2 fully saturated rings. The van der Waals surface area contributed by atoms with E-state index in [2.05, 4.69) is 33.4 Å². The Bertz CT molecular complexity index is 1340. The average Bonchev–Trinajstić information content (AvgIpc) is 3.66. The molecule has 1 aromatic carbocycles. The van der Waals surface area contributed by atoms with Crippen molar-refractivity contribution in [1.29, 1.82) is 5.26 Å². The number of nitriles is 1. The quantitative estimate of drug-likeness (QED) is 0.347. The van der Waals surface area contributed by atoms with Crippen LogP contribution in [0.1, 0.15) is 36.7 Å². The number of nitrogens with one attached hydrogen (secondary N) is 3. The normalized spacial score (nSPS) is 22.3. The number of H-pyrrole nitrogens is 1. The molecule has 1 aromatic heterocycles. The van der Waals surface area contributed by atoms with Crippen LogP contribution in [0.15, 0.2) is 53.2 Å². The molecule has 198 valence electrons. The van der Waals surface area contributed by atoms with Gasteiger partial charge in [0.15, 0.2) is 0 Å². The van der Waals surface area contributed by atoms with Crippen molar-refractivity contribution < 1.29 is 19.1 Å². The minimum atomic E-state index is -0.843. The van der Waals surface area contributed by atoms with Gasteiger partial charge in [0, 0.05) is 42.0 Å². The monoisotopic (exact) mass is 516 g/mol. The molecule has 0 bridgehead atoms. The molecule has 2 aliphatic heterocycles. The molecule has 0 saturated carbocycles. The molecule has 0 spiro atoms. The molecule has 10 nitrogen and oxygen atoms in total. The number of hydrogen-bond donors (Lipinski definition) is 3. The number of allylic oxidation sites excluding steroid dienone is 2. The standard InChI is InChI=1S/C28H32N6O4/c1-4-6-18(15-30-2)19-12-24(27(36)32-20(14-29)11-17-9-10-31-26(17)35)34(16-19)28(37)23-13-21-22(33-23)7-5-8-25(21)38-3/h4-8,13,15,17,19-20,24,33H,2,9-12,16H2,1,3H3,(H,31,35)(H,32,36)/b6-4-,18-15+/t17-,19?,20-,24-/m0/s1. The molecule has 4 atom stereocenters. The van der Waals surface area contributed by atoms with Gasteiger partial charge < -0.3 is 25.3 Å². The number of fused-ring (bicyclic) bond motifs is 1. The van der Waals surface area contributed by atoms with Crippen molar-refractivity contribution in [2.45, 2.75) is 38.3 Å². The molecular formula is C28H32N6O4. The first-order valence-corrected chi connectivity index (χ1v) is 12.6. The van der Waals surface area contributed by atoms with E-state index in [1.807, 2.05) is 37.3 Å². The van der Waals surface area contributed by atoms with Crippen molar-refractivity contribution in [1.82, 2.24) is 20.5 Å². The zero-order valence-electron chi connectivity index (χ0n) is 21.6. The summed E-state index contributed by atoms with van der Waals surface area (Å²) in [5.41, 5.74) is 1.93. The first-order valence-electron chi connectivity index (χ1n) is 12.6. The number of ether oxygens (including phenoxy) is 1. The van der Waals surface area contributed by atoms with Crippen LogP contribution in [0.25, 0.3) is 10.9 Å². The lowest BCUT2D eigenvalue weighted by atomic mass is 9.95. The maximum atomic E-state index is 13.8. The second-order valence-electron chi connectivity index (χ2n) is 9.52. The van der Waals surface area contributed by atoms with Crippen molar-refractivity contribution in [3.63, 3.8) is 0 Å². The van der Waals surface area contributed by atoms with Crippen LogP contribution in [0.4, 0.5) is 0 Å². The summed E-state index contributed by atoms with van der Waals surface area (Å²) in [5.74, 6) is -0.708. The predicted octanol–water partition coefficient (Wildman–Crippen LogP) is 2.70. The van der Waals surface area contributed by atoms with Crippen LogP contribution in [0.5, 0.6) is 5.75 Å². The third kappa shape index (κ3) is 5.47. The van der Waals surface area contributed by atoms with E-state index in [0.29, 0.717) is 30.8 Å². The lowest BCUT2D eigenvalue weighted by molar-refractivity contribution is -0.126. The van der Waals surface area contributed by atoms with Crippen molar-refractivity contribution in [3.8, 4) is 11.8 Å². The van der Waals surface area contributed by atoms with E-state index >= 15 is 0 Å². The number of hydrogen-bond acceptors (Lipinski definition) is 6. The molecule has 0 aliphatic carbocycles. The second-order valence-corrected chi connectivity index (χ2v) is 9.52. The molecule has 10 heteroatoms. The summed E-state index contributed by atoms with van der Waals surface area (Å²) < 4.78 is 5.43. The summed E-state index contributed by atoms with van der Waals surface area (Å²) in [7, 11) is 1.57. The summed E-state index contributed by atoms with van der Waals surface area (Å²) in [6, 6.07) is 7.67. The van der Waals surface area contributed by atoms with E-state index in [1.165, 1.54) is 4.90 Å². The molecule has 3 N–H and O–H groups in total. The van der Waals surface area contributed by atoms with Crippen molar-refractivity contribution >= 4 is 35.3 Å². The summed E-state index contributed by atoms with van der Waals surface area (Å²) in [6.45, 7) is 6.29. The second kappa shape index (κ2) is 11.8. The van der Waals surface area contributed by atoms with Gasteiger partial charge in [0.25, 0.3) is 5.91 Å². The third-order valence-corrected chi connectivity index (χ3v) is 7.17. The van der Waals surface area contributed by atoms with Gasteiger partial charge in [-0.05, 0) is 56.7 Å². The first kappa shape index (κ1) is 26.7. The van der Waals surface area contributed by atoms with E-state index in [-0.39, 0.29) is 36.6 Å². The lowest BCUT2D eigenvalue weighted by Gasteiger charge is -2.25. The number of aromatic amines is 1. The van der Waals surface area contributed by atoms with E-state index < -0.39 is 18.0 Å². The topological polar surface area (TPSA) is 140 Å². The molecule has 4 rings (SSSR count). The highest BCUT2D eigenvalue weighted by atomic mass is 16.5. The Balaban J connectivity index is 1.61. The Morgan fingerprint density at radius 2 is 2.24 bits per heavy atom. The van der Waals surface area contributed by atoms with Crippen LogP contribution in [0.3, 0.4) is 0 Å². The molecule has 3 amide bonds. The van der Waals surface area contributed by atoms with Crippen molar-refractivity contribution in [2.24, 2.45) is 16.8 Å². The highest BCUT2D eigenvalue weighted by Crippen LogP contribution is 2.33. The number of carbonyl (C=O) groups is 3. The van der Waals surface area contributed by atoms with Gasteiger partial charge in [-0.2, -0.15) is 5.26 Å². The number of aromatic nitrogens is 1. The van der Waals surface area contributed by atoms with Crippen LogP contribution in [0, 0.1) is 23.2 Å². The van der Waals surface area contributed by atoms with Gasteiger partial charge in [-0.1, -0.05) is 18.2 Å². The first-order chi connectivity index (χ1) is 18.4. The summed E-state index contributed by atoms with van der Waals surface area (Å²) >= 11 is 0. The number of benzene rings is 1. The van der Waals surface area contributed by atoms with Gasteiger partial charge in [0.2, 0.25) is 11.8 Å². The smallest absolute Gasteiger partial charge is 0.271 e. The molecule has 3 heterocycles. The molecule has 38 heavy (non-hydrogen) atoms. The Labute approximate surface area is 221 Å². The number of carbonyl (C=O) groups excluding carboxylic acids is 3. The van der Waals surface area contributed by atoms with E-state index in [0.717, 1.165) is 16.5 Å². The Morgan fingerprint density at radius 3 is 2.89 bits per heavy atom. The largest absolute Gasteiger partial charge is 0.496 e. The number of aliphatic imine (C=N–C) groups is 1. The number of amides is 3. The van der Waals surface area contributed by atoms with Gasteiger partial charge in [-0.15, -0.1) is 0 Å². The zero-order valence-corrected chi connectivity index (χ0v) is 21.6. The van der Waals surface area contributed by atoms with Crippen molar-refractivity contribution in [2.75, 3.05) is 20.2 Å². The van der Waals surface area contributed by atoms with Crippen LogP contribution >= 0.6 is 0 Å². The highest BCUT2D eigenvalue weighted by Gasteiger charge is 2.42. The Kier molecular flexibility index (Phi) is 8.26. The third-order valence-electron chi connectivity index (χ3n) is 7.17. The molecule has 0 radical (unpaired) electrons. The van der Waals surface area contributed by atoms with E-state index in [1.54, 1.807) is 19.4 Å². The number of likely N-dealkylation sites (tertiary alicyclic amines) is 1. The van der Waals surface area contributed by atoms with Crippen LogP contribution in [-0.4, -0.2) is 66.6 Å². The van der Waals surface area contributed by atoms with Crippen LogP contribution in [-0.2, 0) is 9.59 Å². The summed E-state index contributed by atoms with van der Waals surface area (Å²) in [5, 5.41) is 16.0. The molecule has 1 unspecified atom stereocenters. The number of rotatable bonds is 9. The maximum Gasteiger partial charge on any atom is 0.271 e. The molecule has 2 saturated heterocycles. The molecular weight excluding hydrogens is 484 g/mol. The fourth-order valence-electron chi connectivity index (χ4n) is 5.27. The molecule has 2 aliphatic rings. The van der Waals surface area contributed by atoms with E-state index in [9.17, 15) is 19.6 Å². The Morgan fingerprint density at radius 1 is 1.42 bits per heavy atom. The van der Waals surface area contributed by atoms with Gasteiger partial charge in [0.1, 0.15) is 23.5 Å². The predicted molar refractivity (Wildman–Crippen MR) is 144 cm³/mol. The van der Waals surface area contributed by atoms with E-state index in [4.69, 9.17) is 4.74 Å². The fraction of sp³-hybridized carbons (Fsp3) is 0.393. The number of nitrogens with zero attached hydrogens (tertiary/aromatic N) is 3. The highest BCUT2D eigenvalue weighted by molar-refractivity contribution is 6.02. The van der Waals surface area contributed by atoms with Gasteiger partial charge in [0.05, 0.1) is 13.2 Å². The van der Waals surface area contributed by atoms with Crippen LogP contribution in [0.2, 0.25) is 0 Å². The fourth-order valence-corrected chi connectivity index (χ4v) is 5.27. The minimum Gasteiger partial charge on any atom is -0.496 e.